The van der Waals surface area contributed by atoms with Crippen LogP contribution < -0.4 is 5.32 Å². The molecule has 1 aromatic heterocycles. The van der Waals surface area contributed by atoms with Gasteiger partial charge in [0.25, 0.3) is 0 Å². The van der Waals surface area contributed by atoms with Crippen LogP contribution in [-0.2, 0) is 0 Å². The summed E-state index contributed by atoms with van der Waals surface area (Å²) in [6, 6.07) is 0. The molecule has 2 rings (SSSR count). The molecular weight excluding hydrogens is 162 g/mol. The largest absolute Gasteiger partial charge is 0.317 e. The van der Waals surface area contributed by atoms with Gasteiger partial charge in [0.1, 0.15) is 0 Å². The molecule has 1 aromatic rings. The van der Waals surface area contributed by atoms with E-state index in [4.69, 9.17) is 0 Å². The van der Waals surface area contributed by atoms with Gasteiger partial charge in [0.2, 0.25) is 0 Å². The minimum Gasteiger partial charge on any atom is -0.317 e. The first-order valence-corrected chi connectivity index (χ1v) is 4.77. The number of nitrogens with one attached hydrogen (secondary N) is 1. The van der Waals surface area contributed by atoms with Crippen molar-refractivity contribution in [3.8, 4) is 0 Å². The molecule has 0 bridgehead atoms. The Kier molecular flexibility index (Phi) is 4.40. The average Bonchev–Trinajstić information content (AvgIpc) is 2.03. The second-order valence-electron chi connectivity index (χ2n) is 3.39. The molecule has 0 saturated carbocycles. The van der Waals surface area contributed by atoms with E-state index < -0.39 is 0 Å². The molecule has 13 heavy (non-hydrogen) atoms. The van der Waals surface area contributed by atoms with E-state index in [2.05, 4.69) is 29.1 Å². The fraction of sp³-hybridized carbons (Fsp3) is 0.600. The Labute approximate surface area is 79.6 Å². The van der Waals surface area contributed by atoms with Crippen LogP contribution in [0.4, 0.5) is 0 Å². The highest BCUT2D eigenvalue weighted by atomic mass is 14.9. The smallest absolute Gasteiger partial charge is 0.0612 e. The number of hydrogen-bond acceptors (Lipinski definition) is 3. The third-order valence-electron chi connectivity index (χ3n) is 1.88. The molecule has 1 aliphatic rings. The summed E-state index contributed by atoms with van der Waals surface area (Å²) >= 11 is 0. The van der Waals surface area contributed by atoms with Gasteiger partial charge in [-0.1, -0.05) is 13.8 Å². The average molecular weight is 179 g/mol. The molecule has 0 amide bonds. The Morgan fingerprint density at radius 1 is 1.31 bits per heavy atom. The number of rotatable bonds is 1. The summed E-state index contributed by atoms with van der Waals surface area (Å²) in [6.07, 6.45) is 6.59. The molecular formula is C10H17N3. The lowest BCUT2D eigenvalue weighted by Gasteiger charge is -2.09. The van der Waals surface area contributed by atoms with E-state index >= 15 is 0 Å². The lowest BCUT2D eigenvalue weighted by molar-refractivity contribution is 0.527. The van der Waals surface area contributed by atoms with E-state index in [1.165, 1.54) is 19.5 Å². The maximum Gasteiger partial charge on any atom is 0.0612 e. The van der Waals surface area contributed by atoms with E-state index in [1.54, 1.807) is 18.6 Å². The number of hydrogen-bond donors (Lipinski definition) is 1. The van der Waals surface area contributed by atoms with Crippen LogP contribution in [0.2, 0.25) is 0 Å². The summed E-state index contributed by atoms with van der Waals surface area (Å²) in [5, 5.41) is 3.11. The molecule has 2 heterocycles. The fourth-order valence-electron chi connectivity index (χ4n) is 0.786. The highest BCUT2D eigenvalue weighted by molar-refractivity contribution is 4.99. The molecule has 1 N–H and O–H groups in total. The van der Waals surface area contributed by atoms with Crippen molar-refractivity contribution in [1.82, 2.24) is 15.3 Å². The first-order valence-electron chi connectivity index (χ1n) is 4.77. The first kappa shape index (κ1) is 10.1. The second kappa shape index (κ2) is 5.65. The SMILES string of the molecule is C1CNC1.CC(C)c1cnccn1. The second-order valence-corrected chi connectivity index (χ2v) is 3.39. The zero-order valence-corrected chi connectivity index (χ0v) is 8.33. The van der Waals surface area contributed by atoms with Gasteiger partial charge in [0.05, 0.1) is 5.69 Å². The topological polar surface area (TPSA) is 37.8 Å². The van der Waals surface area contributed by atoms with Crippen molar-refractivity contribution >= 4 is 0 Å². The normalized spacial score (nSPS) is 14.4. The predicted octanol–water partition coefficient (Wildman–Crippen LogP) is 1.58. The van der Waals surface area contributed by atoms with E-state index in [9.17, 15) is 0 Å². The van der Waals surface area contributed by atoms with Gasteiger partial charge in [0.15, 0.2) is 0 Å². The van der Waals surface area contributed by atoms with Crippen LogP contribution in [0, 0.1) is 0 Å². The van der Waals surface area contributed by atoms with Gasteiger partial charge in [-0.3, -0.25) is 9.97 Å². The van der Waals surface area contributed by atoms with Gasteiger partial charge >= 0.3 is 0 Å². The lowest BCUT2D eigenvalue weighted by Crippen LogP contribution is -2.29. The molecule has 72 valence electrons. The molecule has 0 unspecified atom stereocenters. The van der Waals surface area contributed by atoms with Crippen molar-refractivity contribution in [2.45, 2.75) is 26.2 Å². The van der Waals surface area contributed by atoms with Crippen molar-refractivity contribution in [2.75, 3.05) is 13.1 Å². The highest BCUT2D eigenvalue weighted by Gasteiger charge is 1.96. The Morgan fingerprint density at radius 3 is 2.15 bits per heavy atom. The van der Waals surface area contributed by atoms with Crippen LogP contribution in [0.1, 0.15) is 31.9 Å². The molecule has 0 atom stereocenters. The minimum atomic E-state index is 0.485. The lowest BCUT2D eigenvalue weighted by atomic mass is 10.1. The number of aromatic nitrogens is 2. The zero-order valence-electron chi connectivity index (χ0n) is 8.33. The third kappa shape index (κ3) is 3.99. The predicted molar refractivity (Wildman–Crippen MR) is 53.6 cm³/mol. The summed E-state index contributed by atoms with van der Waals surface area (Å²) in [4.78, 5) is 8.06. The summed E-state index contributed by atoms with van der Waals surface area (Å²) in [7, 11) is 0. The van der Waals surface area contributed by atoms with Crippen molar-refractivity contribution in [3.63, 3.8) is 0 Å². The van der Waals surface area contributed by atoms with Crippen LogP contribution in [-0.4, -0.2) is 23.1 Å². The van der Waals surface area contributed by atoms with Gasteiger partial charge in [-0.2, -0.15) is 0 Å². The van der Waals surface area contributed by atoms with Gasteiger partial charge in [-0.15, -0.1) is 0 Å². The maximum absolute atomic E-state index is 4.12. The molecule has 1 aliphatic heterocycles. The van der Waals surface area contributed by atoms with Crippen LogP contribution in [0.25, 0.3) is 0 Å². The molecule has 0 aliphatic carbocycles. The summed E-state index contributed by atoms with van der Waals surface area (Å²) in [6.45, 7) is 6.70. The monoisotopic (exact) mass is 179 g/mol. The molecule has 0 radical (unpaired) electrons. The molecule has 0 spiro atoms. The van der Waals surface area contributed by atoms with Gasteiger partial charge in [0, 0.05) is 18.6 Å². The van der Waals surface area contributed by atoms with Crippen molar-refractivity contribution in [3.05, 3.63) is 24.3 Å². The van der Waals surface area contributed by atoms with Gasteiger partial charge in [-0.05, 0) is 25.4 Å². The molecule has 0 aromatic carbocycles. The van der Waals surface area contributed by atoms with Crippen molar-refractivity contribution in [2.24, 2.45) is 0 Å². The van der Waals surface area contributed by atoms with E-state index in [-0.39, 0.29) is 0 Å². The Morgan fingerprint density at radius 2 is 1.92 bits per heavy atom. The molecule has 1 fully saturated rings. The summed E-state index contributed by atoms with van der Waals surface area (Å²) < 4.78 is 0. The Bertz CT molecular complexity index is 213. The molecule has 3 nitrogen and oxygen atoms in total. The van der Waals surface area contributed by atoms with Crippen molar-refractivity contribution in [1.29, 1.82) is 0 Å². The van der Waals surface area contributed by atoms with Gasteiger partial charge in [-0.25, -0.2) is 0 Å². The maximum atomic E-state index is 4.12. The Balaban J connectivity index is 0.000000175. The number of nitrogens with zero attached hydrogens (tertiary/aromatic N) is 2. The van der Waals surface area contributed by atoms with Crippen LogP contribution in [0.5, 0.6) is 0 Å². The highest BCUT2D eigenvalue weighted by Crippen LogP contribution is 2.06. The Hall–Kier alpha value is -0.960. The summed E-state index contributed by atoms with van der Waals surface area (Å²) in [5.74, 6) is 0.485. The van der Waals surface area contributed by atoms with Crippen LogP contribution in [0.15, 0.2) is 18.6 Å². The summed E-state index contributed by atoms with van der Waals surface area (Å²) in [5.41, 5.74) is 1.05. The quantitative estimate of drug-likeness (QED) is 0.711. The van der Waals surface area contributed by atoms with Crippen LogP contribution in [0.3, 0.4) is 0 Å². The van der Waals surface area contributed by atoms with Crippen LogP contribution >= 0.6 is 0 Å². The van der Waals surface area contributed by atoms with E-state index in [1.807, 2.05) is 0 Å². The van der Waals surface area contributed by atoms with E-state index in [0.29, 0.717) is 5.92 Å². The zero-order chi connectivity index (χ0) is 9.52. The standard InChI is InChI=1S/C7H10N2.C3H7N/c1-6(2)7-5-8-3-4-9-7;1-2-4-3-1/h3-6H,1-2H3;4H,1-3H2. The molecule has 3 heteroatoms. The third-order valence-corrected chi connectivity index (χ3v) is 1.88. The molecule has 1 saturated heterocycles. The first-order chi connectivity index (χ1) is 6.30. The van der Waals surface area contributed by atoms with Crippen molar-refractivity contribution < 1.29 is 0 Å². The minimum absolute atomic E-state index is 0.485. The fourth-order valence-corrected chi connectivity index (χ4v) is 0.786. The van der Waals surface area contributed by atoms with Gasteiger partial charge < -0.3 is 5.32 Å². The van der Waals surface area contributed by atoms with E-state index in [0.717, 1.165) is 5.69 Å².